The number of ketones is 1. The van der Waals surface area contributed by atoms with Gasteiger partial charge in [0.1, 0.15) is 0 Å². The molecule has 0 heterocycles. The lowest BCUT2D eigenvalue weighted by atomic mass is 9.95. The van der Waals surface area contributed by atoms with Crippen LogP contribution in [-0.2, 0) is 0 Å². The molecule has 1 aromatic rings. The molecule has 4 nitrogen and oxygen atoms in total. The molecule has 4 heteroatoms. The Morgan fingerprint density at radius 3 is 2.41 bits per heavy atom. The van der Waals surface area contributed by atoms with E-state index in [4.69, 9.17) is 5.53 Å². The molecule has 0 aliphatic rings. The Balaban J connectivity index is 2.78. The van der Waals surface area contributed by atoms with E-state index in [0.29, 0.717) is 19.4 Å². The minimum absolute atomic E-state index is 0.133. The average molecular weight is 231 g/mol. The highest BCUT2D eigenvalue weighted by Gasteiger charge is 2.11. The average Bonchev–Trinajstić information content (AvgIpc) is 2.23. The summed E-state index contributed by atoms with van der Waals surface area (Å²) in [6, 6.07) is 4.04. The van der Waals surface area contributed by atoms with Crippen LogP contribution in [0.15, 0.2) is 17.2 Å². The Morgan fingerprint density at radius 2 is 1.88 bits per heavy atom. The normalized spacial score (nSPS) is 9.82. The largest absolute Gasteiger partial charge is 0.294 e. The lowest BCUT2D eigenvalue weighted by Gasteiger charge is -2.09. The minimum atomic E-state index is 0.133. The summed E-state index contributed by atoms with van der Waals surface area (Å²) in [4.78, 5) is 14.7. The Labute approximate surface area is 101 Å². The van der Waals surface area contributed by atoms with E-state index in [1.54, 1.807) is 0 Å². The maximum absolute atomic E-state index is 12.0. The standard InChI is InChI=1S/C13H17N3O/c1-9-7-10(2)13(11(3)8-9)12(17)5-4-6-15-16-14/h7-8H,4-6H2,1-3H3. The Morgan fingerprint density at radius 1 is 1.29 bits per heavy atom. The minimum Gasteiger partial charge on any atom is -0.294 e. The van der Waals surface area contributed by atoms with Gasteiger partial charge in [-0.25, -0.2) is 0 Å². The van der Waals surface area contributed by atoms with Crippen LogP contribution in [0.3, 0.4) is 0 Å². The highest BCUT2D eigenvalue weighted by Crippen LogP contribution is 2.18. The van der Waals surface area contributed by atoms with Crippen molar-refractivity contribution in [1.82, 2.24) is 0 Å². The van der Waals surface area contributed by atoms with Crippen LogP contribution in [0.1, 0.15) is 39.9 Å². The predicted octanol–water partition coefficient (Wildman–Crippen LogP) is 3.89. The summed E-state index contributed by atoms with van der Waals surface area (Å²) in [6.07, 6.45) is 1.04. The van der Waals surface area contributed by atoms with E-state index in [1.165, 1.54) is 5.56 Å². The number of carbonyl (C=O) groups is 1. The van der Waals surface area contributed by atoms with Gasteiger partial charge in [0.15, 0.2) is 5.78 Å². The van der Waals surface area contributed by atoms with Crippen molar-refractivity contribution in [3.8, 4) is 0 Å². The van der Waals surface area contributed by atoms with Crippen LogP contribution in [0.2, 0.25) is 0 Å². The van der Waals surface area contributed by atoms with Gasteiger partial charge in [-0.15, -0.1) is 0 Å². The topological polar surface area (TPSA) is 65.8 Å². The monoisotopic (exact) mass is 231 g/mol. The van der Waals surface area contributed by atoms with Crippen LogP contribution < -0.4 is 0 Å². The SMILES string of the molecule is Cc1cc(C)c(C(=O)CCCN=[N+]=[N-])c(C)c1. The van der Waals surface area contributed by atoms with E-state index >= 15 is 0 Å². The predicted molar refractivity (Wildman–Crippen MR) is 68.2 cm³/mol. The maximum atomic E-state index is 12.0. The molecule has 0 aromatic heterocycles. The van der Waals surface area contributed by atoms with E-state index in [1.807, 2.05) is 32.9 Å². The molecule has 0 amide bonds. The van der Waals surface area contributed by atoms with Crippen LogP contribution in [0.5, 0.6) is 0 Å². The summed E-state index contributed by atoms with van der Waals surface area (Å²) >= 11 is 0. The van der Waals surface area contributed by atoms with Crippen molar-refractivity contribution in [3.63, 3.8) is 0 Å². The van der Waals surface area contributed by atoms with Gasteiger partial charge in [0.05, 0.1) is 0 Å². The number of rotatable bonds is 5. The molecular weight excluding hydrogens is 214 g/mol. The summed E-state index contributed by atoms with van der Waals surface area (Å²) < 4.78 is 0. The number of hydrogen-bond donors (Lipinski definition) is 0. The number of benzene rings is 1. The lowest BCUT2D eigenvalue weighted by molar-refractivity contribution is 0.0979. The van der Waals surface area contributed by atoms with Crippen molar-refractivity contribution in [3.05, 3.63) is 44.8 Å². The summed E-state index contributed by atoms with van der Waals surface area (Å²) in [6.45, 7) is 6.32. The van der Waals surface area contributed by atoms with Crippen LogP contribution in [0.25, 0.3) is 10.4 Å². The maximum Gasteiger partial charge on any atom is 0.163 e. The van der Waals surface area contributed by atoms with Gasteiger partial charge in [-0.05, 0) is 43.9 Å². The fourth-order valence-electron chi connectivity index (χ4n) is 2.10. The first-order valence-electron chi connectivity index (χ1n) is 5.68. The van der Waals surface area contributed by atoms with Crippen molar-refractivity contribution in [2.45, 2.75) is 33.6 Å². The Kier molecular flexibility index (Phi) is 4.73. The van der Waals surface area contributed by atoms with Gasteiger partial charge in [-0.3, -0.25) is 4.79 Å². The van der Waals surface area contributed by atoms with Crippen LogP contribution in [0.4, 0.5) is 0 Å². The molecule has 1 rings (SSSR count). The summed E-state index contributed by atoms with van der Waals surface area (Å²) in [5.74, 6) is 0.133. The summed E-state index contributed by atoms with van der Waals surface area (Å²) in [5.41, 5.74) is 12.2. The third kappa shape index (κ3) is 3.61. The van der Waals surface area contributed by atoms with Crippen LogP contribution >= 0.6 is 0 Å². The molecule has 90 valence electrons. The molecule has 0 bridgehead atoms. The zero-order chi connectivity index (χ0) is 12.8. The fraction of sp³-hybridized carbons (Fsp3) is 0.462. The Hall–Kier alpha value is -1.80. The number of azide groups is 1. The molecule has 17 heavy (non-hydrogen) atoms. The van der Waals surface area contributed by atoms with Crippen molar-refractivity contribution in [2.24, 2.45) is 5.11 Å². The number of nitrogens with zero attached hydrogens (tertiary/aromatic N) is 3. The molecule has 0 saturated heterocycles. The van der Waals surface area contributed by atoms with Crippen LogP contribution in [-0.4, -0.2) is 12.3 Å². The molecule has 0 fully saturated rings. The van der Waals surface area contributed by atoms with Gasteiger partial charge in [-0.2, -0.15) is 0 Å². The summed E-state index contributed by atoms with van der Waals surface area (Å²) in [5, 5.41) is 3.42. The molecule has 0 spiro atoms. The smallest absolute Gasteiger partial charge is 0.163 e. The number of hydrogen-bond acceptors (Lipinski definition) is 2. The van der Waals surface area contributed by atoms with Gasteiger partial charge in [0, 0.05) is 23.4 Å². The summed E-state index contributed by atoms with van der Waals surface area (Å²) in [7, 11) is 0. The highest BCUT2D eigenvalue weighted by molar-refractivity contribution is 5.98. The zero-order valence-electron chi connectivity index (χ0n) is 10.5. The highest BCUT2D eigenvalue weighted by atomic mass is 16.1. The molecule has 0 aliphatic heterocycles. The third-order valence-corrected chi connectivity index (χ3v) is 2.68. The van der Waals surface area contributed by atoms with Crippen LogP contribution in [0, 0.1) is 20.8 Å². The van der Waals surface area contributed by atoms with Gasteiger partial charge < -0.3 is 0 Å². The van der Waals surface area contributed by atoms with Crippen molar-refractivity contribution in [2.75, 3.05) is 6.54 Å². The van der Waals surface area contributed by atoms with Gasteiger partial charge in [-0.1, -0.05) is 22.8 Å². The second-order valence-corrected chi connectivity index (χ2v) is 4.25. The van der Waals surface area contributed by atoms with E-state index in [0.717, 1.165) is 16.7 Å². The molecule has 0 unspecified atom stereocenters. The molecule has 1 aromatic carbocycles. The molecule has 0 atom stereocenters. The lowest BCUT2D eigenvalue weighted by Crippen LogP contribution is -2.05. The van der Waals surface area contributed by atoms with Crippen molar-refractivity contribution >= 4 is 5.78 Å². The number of aryl methyl sites for hydroxylation is 3. The van der Waals surface area contributed by atoms with E-state index in [2.05, 4.69) is 10.0 Å². The molecular formula is C13H17N3O. The Bertz CT molecular complexity index is 451. The third-order valence-electron chi connectivity index (χ3n) is 2.68. The zero-order valence-corrected chi connectivity index (χ0v) is 10.5. The van der Waals surface area contributed by atoms with Gasteiger partial charge in [0.25, 0.3) is 0 Å². The van der Waals surface area contributed by atoms with E-state index in [-0.39, 0.29) is 5.78 Å². The molecule has 0 N–H and O–H groups in total. The second kappa shape index (κ2) is 6.06. The van der Waals surface area contributed by atoms with E-state index in [9.17, 15) is 4.79 Å². The second-order valence-electron chi connectivity index (χ2n) is 4.25. The molecule has 0 saturated carbocycles. The van der Waals surface area contributed by atoms with Crippen molar-refractivity contribution < 1.29 is 4.79 Å². The number of Topliss-reactive ketones (excluding diaryl/α,β-unsaturated/α-hetero) is 1. The van der Waals surface area contributed by atoms with Gasteiger partial charge in [0.2, 0.25) is 0 Å². The van der Waals surface area contributed by atoms with E-state index < -0.39 is 0 Å². The van der Waals surface area contributed by atoms with Crippen molar-refractivity contribution in [1.29, 1.82) is 0 Å². The molecule has 0 aliphatic carbocycles. The fourth-order valence-corrected chi connectivity index (χ4v) is 2.10. The number of carbonyl (C=O) groups excluding carboxylic acids is 1. The first kappa shape index (κ1) is 13.3. The first-order chi connectivity index (χ1) is 8.06. The van der Waals surface area contributed by atoms with Gasteiger partial charge >= 0.3 is 0 Å². The molecule has 0 radical (unpaired) electrons. The quantitative estimate of drug-likeness (QED) is 0.249. The first-order valence-corrected chi connectivity index (χ1v) is 5.68.